The average Bonchev–Trinajstić information content (AvgIpc) is 2.61. The van der Waals surface area contributed by atoms with Crippen LogP contribution in [0.2, 0.25) is 0 Å². The quantitative estimate of drug-likeness (QED) is 0.695. The zero-order chi connectivity index (χ0) is 16.9. The molecule has 1 amide bonds. The van der Waals surface area contributed by atoms with E-state index in [9.17, 15) is 9.59 Å². The number of carbonyl (C=O) groups is 2. The molecule has 24 heavy (non-hydrogen) atoms. The van der Waals surface area contributed by atoms with Crippen LogP contribution < -0.4 is 5.43 Å². The number of nitrogens with one attached hydrogen (secondary N) is 1. The minimum absolute atomic E-state index is 0.149. The van der Waals surface area contributed by atoms with Gasteiger partial charge in [-0.25, -0.2) is 5.43 Å². The third-order valence-electron chi connectivity index (χ3n) is 3.51. The molecular formula is C18H16N2O4. The van der Waals surface area contributed by atoms with Crippen LogP contribution in [0.1, 0.15) is 34.5 Å². The highest BCUT2D eigenvalue weighted by Crippen LogP contribution is 2.27. The van der Waals surface area contributed by atoms with E-state index < -0.39 is 6.10 Å². The summed E-state index contributed by atoms with van der Waals surface area (Å²) in [6.45, 7) is 1.50. The van der Waals surface area contributed by atoms with Gasteiger partial charge in [0.05, 0.1) is 0 Å². The molecular weight excluding hydrogens is 308 g/mol. The summed E-state index contributed by atoms with van der Waals surface area (Å²) in [4.78, 5) is 23.3. The number of ether oxygens (including phenoxy) is 2. The summed E-state index contributed by atoms with van der Waals surface area (Å²) in [5, 5.41) is 4.07. The number of benzene rings is 2. The maximum atomic E-state index is 12.1. The number of hydrogen-bond donors (Lipinski definition) is 1. The normalized spacial score (nSPS) is 17.5. The fourth-order valence-corrected chi connectivity index (χ4v) is 2.44. The number of amides is 1. The fraction of sp³-hybridized carbons (Fsp3) is 0.167. The van der Waals surface area contributed by atoms with Gasteiger partial charge in [0, 0.05) is 23.6 Å². The predicted octanol–water partition coefficient (Wildman–Crippen LogP) is 2.41. The van der Waals surface area contributed by atoms with Crippen LogP contribution in [0.3, 0.4) is 0 Å². The van der Waals surface area contributed by atoms with Gasteiger partial charge in [-0.1, -0.05) is 36.4 Å². The number of carbonyl (C=O) groups excluding carboxylic acids is 2. The first-order chi connectivity index (χ1) is 11.6. The molecule has 1 aliphatic heterocycles. The Morgan fingerprint density at radius 2 is 1.83 bits per heavy atom. The highest BCUT2D eigenvalue weighted by molar-refractivity contribution is 5.99. The molecule has 0 spiro atoms. The van der Waals surface area contributed by atoms with Gasteiger partial charge >= 0.3 is 5.97 Å². The largest absolute Gasteiger partial charge is 0.472 e. The molecule has 0 unspecified atom stereocenters. The number of hydrazone groups is 1. The molecule has 2 aromatic rings. The van der Waals surface area contributed by atoms with Crippen LogP contribution in [0.5, 0.6) is 0 Å². The van der Waals surface area contributed by atoms with Gasteiger partial charge in [0.15, 0.2) is 6.10 Å². The molecule has 2 aromatic carbocycles. The van der Waals surface area contributed by atoms with E-state index in [2.05, 4.69) is 10.5 Å². The van der Waals surface area contributed by atoms with Crippen molar-refractivity contribution >= 4 is 17.8 Å². The van der Waals surface area contributed by atoms with Crippen LogP contribution in [-0.4, -0.2) is 24.4 Å². The van der Waals surface area contributed by atoms with Crippen molar-refractivity contribution in [2.75, 3.05) is 6.61 Å². The Morgan fingerprint density at radius 1 is 1.12 bits per heavy atom. The number of rotatable bonds is 3. The Morgan fingerprint density at radius 3 is 2.58 bits per heavy atom. The average molecular weight is 324 g/mol. The van der Waals surface area contributed by atoms with E-state index in [1.807, 2.05) is 24.3 Å². The van der Waals surface area contributed by atoms with Gasteiger partial charge in [0.2, 0.25) is 5.90 Å². The maximum Gasteiger partial charge on any atom is 0.303 e. The predicted molar refractivity (Wildman–Crippen MR) is 87.3 cm³/mol. The molecule has 0 saturated heterocycles. The van der Waals surface area contributed by atoms with E-state index in [0.29, 0.717) is 17.0 Å². The van der Waals surface area contributed by atoms with Gasteiger partial charge in [-0.15, -0.1) is 5.10 Å². The maximum absolute atomic E-state index is 12.1. The Kier molecular flexibility index (Phi) is 4.56. The van der Waals surface area contributed by atoms with E-state index in [1.165, 1.54) is 6.92 Å². The molecule has 6 heteroatoms. The van der Waals surface area contributed by atoms with Gasteiger partial charge < -0.3 is 9.47 Å². The van der Waals surface area contributed by atoms with Crippen LogP contribution in [0.4, 0.5) is 0 Å². The second-order valence-electron chi connectivity index (χ2n) is 5.22. The lowest BCUT2D eigenvalue weighted by Crippen LogP contribution is -2.28. The smallest absolute Gasteiger partial charge is 0.303 e. The molecule has 3 rings (SSSR count). The van der Waals surface area contributed by atoms with Crippen molar-refractivity contribution in [3.8, 4) is 0 Å². The van der Waals surface area contributed by atoms with Gasteiger partial charge in [0.1, 0.15) is 6.61 Å². The van der Waals surface area contributed by atoms with Crippen LogP contribution in [0, 0.1) is 0 Å². The van der Waals surface area contributed by atoms with E-state index in [1.54, 1.807) is 30.3 Å². The molecule has 122 valence electrons. The van der Waals surface area contributed by atoms with Gasteiger partial charge in [0.25, 0.3) is 5.91 Å². The van der Waals surface area contributed by atoms with E-state index in [-0.39, 0.29) is 18.5 Å². The monoisotopic (exact) mass is 324 g/mol. The zero-order valence-electron chi connectivity index (χ0n) is 13.1. The van der Waals surface area contributed by atoms with Gasteiger partial charge in [-0.2, -0.15) is 0 Å². The van der Waals surface area contributed by atoms with Crippen LogP contribution in [0.25, 0.3) is 0 Å². The number of hydrogen-bond acceptors (Lipinski definition) is 5. The van der Waals surface area contributed by atoms with Gasteiger partial charge in [-0.05, 0) is 18.2 Å². The Balaban J connectivity index is 1.81. The topological polar surface area (TPSA) is 77.0 Å². The molecule has 6 nitrogen and oxygen atoms in total. The van der Waals surface area contributed by atoms with Crippen molar-refractivity contribution in [1.29, 1.82) is 0 Å². The minimum Gasteiger partial charge on any atom is -0.472 e. The van der Waals surface area contributed by atoms with Crippen molar-refractivity contribution < 1.29 is 19.1 Å². The first-order valence-corrected chi connectivity index (χ1v) is 7.47. The van der Waals surface area contributed by atoms with Crippen molar-refractivity contribution in [3.63, 3.8) is 0 Å². The SMILES string of the molecule is CC(=O)O[C@@H]1CO/C(=N\NC(=O)c2ccccc2)c2ccccc21. The second-order valence-corrected chi connectivity index (χ2v) is 5.22. The van der Waals surface area contributed by atoms with Crippen molar-refractivity contribution in [2.24, 2.45) is 5.10 Å². The highest BCUT2D eigenvalue weighted by Gasteiger charge is 2.27. The van der Waals surface area contributed by atoms with Crippen molar-refractivity contribution in [2.45, 2.75) is 13.0 Å². The molecule has 1 atom stereocenters. The summed E-state index contributed by atoms with van der Waals surface area (Å²) in [7, 11) is 0. The number of fused-ring (bicyclic) bond motifs is 1. The summed E-state index contributed by atoms with van der Waals surface area (Å²) < 4.78 is 10.8. The summed E-state index contributed by atoms with van der Waals surface area (Å²) in [5.41, 5.74) is 4.47. The van der Waals surface area contributed by atoms with E-state index in [0.717, 1.165) is 5.56 Å². The first kappa shape index (κ1) is 15.7. The molecule has 0 aromatic heterocycles. The number of nitrogens with zero attached hydrogens (tertiary/aromatic N) is 1. The lowest BCUT2D eigenvalue weighted by atomic mass is 10.0. The molecule has 0 radical (unpaired) electrons. The lowest BCUT2D eigenvalue weighted by Gasteiger charge is -2.26. The summed E-state index contributed by atoms with van der Waals surface area (Å²) in [5.74, 6) is -0.416. The molecule has 0 bridgehead atoms. The van der Waals surface area contributed by atoms with E-state index in [4.69, 9.17) is 9.47 Å². The third kappa shape index (κ3) is 3.43. The van der Waals surface area contributed by atoms with Crippen molar-refractivity contribution in [1.82, 2.24) is 5.43 Å². The Labute approximate surface area is 139 Å². The molecule has 0 fully saturated rings. The third-order valence-corrected chi connectivity index (χ3v) is 3.51. The molecule has 1 N–H and O–H groups in total. The minimum atomic E-state index is -0.484. The molecule has 0 aliphatic carbocycles. The van der Waals surface area contributed by atoms with Crippen LogP contribution in [0.15, 0.2) is 59.7 Å². The summed E-state index contributed by atoms with van der Waals surface area (Å²) >= 11 is 0. The van der Waals surface area contributed by atoms with E-state index >= 15 is 0 Å². The second kappa shape index (κ2) is 6.95. The first-order valence-electron chi connectivity index (χ1n) is 7.47. The molecule has 1 heterocycles. The summed E-state index contributed by atoms with van der Waals surface area (Å²) in [6.07, 6.45) is -0.484. The summed E-state index contributed by atoms with van der Waals surface area (Å²) in [6, 6.07) is 16.1. The molecule has 0 saturated carbocycles. The standard InChI is InChI=1S/C18H16N2O4/c1-12(21)24-16-11-23-18(15-10-6-5-9-14(15)16)20-19-17(22)13-7-3-2-4-8-13/h2-10,16H,11H2,1H3,(H,19,22)/b20-18-/t16-/m1/s1. The number of esters is 1. The fourth-order valence-electron chi connectivity index (χ4n) is 2.44. The Bertz CT molecular complexity index is 787. The highest BCUT2D eigenvalue weighted by atomic mass is 16.6. The van der Waals surface area contributed by atoms with Crippen LogP contribution in [-0.2, 0) is 14.3 Å². The van der Waals surface area contributed by atoms with Crippen molar-refractivity contribution in [3.05, 3.63) is 71.3 Å². The lowest BCUT2D eigenvalue weighted by molar-refractivity contribution is -0.148. The zero-order valence-corrected chi connectivity index (χ0v) is 13.1. The Hall–Kier alpha value is -3.15. The van der Waals surface area contributed by atoms with Crippen LogP contribution >= 0.6 is 0 Å². The van der Waals surface area contributed by atoms with Gasteiger partial charge in [-0.3, -0.25) is 9.59 Å². The molecule has 1 aliphatic rings.